The Morgan fingerprint density at radius 1 is 1.11 bits per heavy atom. The molecule has 0 bridgehead atoms. The number of likely N-dealkylation sites (tertiary alicyclic amines) is 1. The number of rotatable bonds is 4. The van der Waals surface area contributed by atoms with E-state index < -0.39 is 0 Å². The number of nitrogens with zero attached hydrogens (tertiary/aromatic N) is 2. The zero-order valence-corrected chi connectivity index (χ0v) is 12.2. The van der Waals surface area contributed by atoms with E-state index in [-0.39, 0.29) is 5.41 Å². The standard InChI is InChI=1S/C16H28N2/c1-15(2,14-17)6-5-11-18-12-9-16(10-13-18)7-3-4-8-16/h3-13H2,1-2H3. The third kappa shape index (κ3) is 3.48. The van der Waals surface area contributed by atoms with Crippen molar-refractivity contribution in [1.82, 2.24) is 4.90 Å². The van der Waals surface area contributed by atoms with E-state index in [1.165, 1.54) is 64.6 Å². The molecule has 102 valence electrons. The second-order valence-corrected chi connectivity index (χ2v) is 7.15. The number of hydrogen-bond acceptors (Lipinski definition) is 2. The van der Waals surface area contributed by atoms with Gasteiger partial charge in [0.15, 0.2) is 0 Å². The highest BCUT2D eigenvalue weighted by molar-refractivity contribution is 4.92. The van der Waals surface area contributed by atoms with Gasteiger partial charge in [-0.15, -0.1) is 0 Å². The lowest BCUT2D eigenvalue weighted by molar-refractivity contribution is 0.105. The highest BCUT2D eigenvalue weighted by Gasteiger charge is 2.36. The maximum atomic E-state index is 9.01. The normalized spacial score (nSPS) is 24.3. The molecule has 0 amide bonds. The molecule has 1 saturated carbocycles. The minimum atomic E-state index is -0.136. The molecule has 2 aliphatic rings. The topological polar surface area (TPSA) is 27.0 Å². The van der Waals surface area contributed by atoms with Gasteiger partial charge < -0.3 is 4.90 Å². The van der Waals surface area contributed by atoms with Gasteiger partial charge in [-0.1, -0.05) is 12.8 Å². The molecule has 0 aromatic carbocycles. The maximum absolute atomic E-state index is 9.01. The fourth-order valence-corrected chi connectivity index (χ4v) is 3.68. The van der Waals surface area contributed by atoms with Gasteiger partial charge in [-0.25, -0.2) is 0 Å². The second kappa shape index (κ2) is 5.61. The van der Waals surface area contributed by atoms with Crippen LogP contribution in [0, 0.1) is 22.2 Å². The Labute approximate surface area is 112 Å². The first-order chi connectivity index (χ1) is 8.55. The summed E-state index contributed by atoms with van der Waals surface area (Å²) in [5.41, 5.74) is 0.602. The van der Waals surface area contributed by atoms with Gasteiger partial charge in [0.1, 0.15) is 0 Å². The Morgan fingerprint density at radius 3 is 2.28 bits per heavy atom. The van der Waals surface area contributed by atoms with Crippen LogP contribution in [0.25, 0.3) is 0 Å². The molecule has 0 atom stereocenters. The third-order valence-electron chi connectivity index (χ3n) is 5.16. The molecule has 1 heterocycles. The Bertz CT molecular complexity index is 298. The van der Waals surface area contributed by atoms with Gasteiger partial charge in [0.2, 0.25) is 0 Å². The fourth-order valence-electron chi connectivity index (χ4n) is 3.68. The SMILES string of the molecule is CC(C)(C#N)CCCN1CCC2(CCCC2)CC1. The number of hydrogen-bond donors (Lipinski definition) is 0. The average Bonchev–Trinajstić information content (AvgIpc) is 2.81. The van der Waals surface area contributed by atoms with Crippen LogP contribution < -0.4 is 0 Å². The molecule has 0 radical (unpaired) electrons. The summed E-state index contributed by atoms with van der Waals surface area (Å²) < 4.78 is 0. The molecular formula is C16H28N2. The predicted molar refractivity (Wildman–Crippen MR) is 75.2 cm³/mol. The minimum absolute atomic E-state index is 0.136. The van der Waals surface area contributed by atoms with Gasteiger partial charge in [-0.3, -0.25) is 0 Å². The van der Waals surface area contributed by atoms with E-state index in [0.29, 0.717) is 0 Å². The molecular weight excluding hydrogens is 220 g/mol. The van der Waals surface area contributed by atoms with Crippen LogP contribution in [0.4, 0.5) is 0 Å². The van der Waals surface area contributed by atoms with Crippen molar-refractivity contribution in [2.75, 3.05) is 19.6 Å². The van der Waals surface area contributed by atoms with Crippen LogP contribution >= 0.6 is 0 Å². The van der Waals surface area contributed by atoms with Gasteiger partial charge in [0, 0.05) is 0 Å². The van der Waals surface area contributed by atoms with Gasteiger partial charge >= 0.3 is 0 Å². The van der Waals surface area contributed by atoms with E-state index in [2.05, 4.69) is 24.8 Å². The molecule has 1 aliphatic carbocycles. The quantitative estimate of drug-likeness (QED) is 0.752. The highest BCUT2D eigenvalue weighted by Crippen LogP contribution is 2.46. The van der Waals surface area contributed by atoms with Crippen LogP contribution in [0.1, 0.15) is 65.2 Å². The zero-order valence-electron chi connectivity index (χ0n) is 12.2. The Balaban J connectivity index is 1.66. The molecule has 0 unspecified atom stereocenters. The van der Waals surface area contributed by atoms with Crippen molar-refractivity contribution in [1.29, 1.82) is 5.26 Å². The molecule has 0 aromatic heterocycles. The average molecular weight is 248 g/mol. The molecule has 2 heteroatoms. The van der Waals surface area contributed by atoms with Crippen molar-refractivity contribution in [3.8, 4) is 6.07 Å². The van der Waals surface area contributed by atoms with Crippen molar-refractivity contribution in [2.45, 2.75) is 65.2 Å². The minimum Gasteiger partial charge on any atom is -0.303 e. The molecule has 2 fully saturated rings. The van der Waals surface area contributed by atoms with Gasteiger partial charge in [-0.05, 0) is 77.4 Å². The first-order valence-electron chi connectivity index (χ1n) is 7.69. The lowest BCUT2D eigenvalue weighted by atomic mass is 9.77. The summed E-state index contributed by atoms with van der Waals surface area (Å²) in [6.07, 6.45) is 11.0. The van der Waals surface area contributed by atoms with Crippen molar-refractivity contribution >= 4 is 0 Å². The Kier molecular flexibility index (Phi) is 4.33. The first kappa shape index (κ1) is 13.9. The zero-order chi connectivity index (χ0) is 13.1. The van der Waals surface area contributed by atoms with Crippen molar-refractivity contribution in [3.05, 3.63) is 0 Å². The van der Waals surface area contributed by atoms with E-state index in [9.17, 15) is 0 Å². The third-order valence-corrected chi connectivity index (χ3v) is 5.16. The predicted octanol–water partition coefficient (Wildman–Crippen LogP) is 3.97. The summed E-state index contributed by atoms with van der Waals surface area (Å²) in [5, 5.41) is 9.01. The number of piperidine rings is 1. The van der Waals surface area contributed by atoms with E-state index in [1.807, 2.05) is 0 Å². The van der Waals surface area contributed by atoms with Gasteiger partial charge in [0.05, 0.1) is 11.5 Å². The summed E-state index contributed by atoms with van der Waals surface area (Å²) >= 11 is 0. The van der Waals surface area contributed by atoms with Crippen molar-refractivity contribution in [3.63, 3.8) is 0 Å². The van der Waals surface area contributed by atoms with E-state index >= 15 is 0 Å². The summed E-state index contributed by atoms with van der Waals surface area (Å²) in [6.45, 7) is 7.90. The Morgan fingerprint density at radius 2 is 1.72 bits per heavy atom. The summed E-state index contributed by atoms with van der Waals surface area (Å²) in [4.78, 5) is 2.62. The molecule has 2 nitrogen and oxygen atoms in total. The van der Waals surface area contributed by atoms with Crippen LogP contribution in [-0.2, 0) is 0 Å². The molecule has 0 aromatic rings. The largest absolute Gasteiger partial charge is 0.303 e. The monoisotopic (exact) mass is 248 g/mol. The lowest BCUT2D eigenvalue weighted by Gasteiger charge is -2.39. The van der Waals surface area contributed by atoms with Gasteiger partial charge in [0.25, 0.3) is 0 Å². The van der Waals surface area contributed by atoms with Gasteiger partial charge in [-0.2, -0.15) is 5.26 Å². The molecule has 2 rings (SSSR count). The van der Waals surface area contributed by atoms with Crippen molar-refractivity contribution < 1.29 is 0 Å². The maximum Gasteiger partial charge on any atom is 0.0683 e. The summed E-state index contributed by atoms with van der Waals surface area (Å²) in [6, 6.07) is 2.40. The van der Waals surface area contributed by atoms with Crippen LogP contribution in [0.2, 0.25) is 0 Å². The van der Waals surface area contributed by atoms with E-state index in [0.717, 1.165) is 11.8 Å². The first-order valence-corrected chi connectivity index (χ1v) is 7.69. The number of nitriles is 1. The highest BCUT2D eigenvalue weighted by atomic mass is 15.1. The molecule has 1 saturated heterocycles. The molecule has 1 aliphatic heterocycles. The van der Waals surface area contributed by atoms with E-state index in [4.69, 9.17) is 5.26 Å². The van der Waals surface area contributed by atoms with Crippen LogP contribution in [-0.4, -0.2) is 24.5 Å². The Hall–Kier alpha value is -0.550. The van der Waals surface area contributed by atoms with Crippen LogP contribution in [0.3, 0.4) is 0 Å². The fraction of sp³-hybridized carbons (Fsp3) is 0.938. The summed E-state index contributed by atoms with van der Waals surface area (Å²) in [5.74, 6) is 0. The van der Waals surface area contributed by atoms with E-state index in [1.54, 1.807) is 0 Å². The molecule has 1 spiro atoms. The lowest BCUT2D eigenvalue weighted by Crippen LogP contribution is -2.39. The van der Waals surface area contributed by atoms with Crippen molar-refractivity contribution in [2.24, 2.45) is 10.8 Å². The van der Waals surface area contributed by atoms with Crippen LogP contribution in [0.15, 0.2) is 0 Å². The second-order valence-electron chi connectivity index (χ2n) is 7.15. The molecule has 0 N–H and O–H groups in total. The summed E-state index contributed by atoms with van der Waals surface area (Å²) in [7, 11) is 0. The van der Waals surface area contributed by atoms with Crippen LogP contribution in [0.5, 0.6) is 0 Å². The molecule has 18 heavy (non-hydrogen) atoms. The smallest absolute Gasteiger partial charge is 0.0683 e.